The molecule has 0 radical (unpaired) electrons. The first kappa shape index (κ1) is 21.0. The van der Waals surface area contributed by atoms with E-state index in [4.69, 9.17) is 18.9 Å². The largest absolute Gasteiger partial charge is 0.497 e. The maximum Gasteiger partial charge on any atom is 0.273 e. The predicted octanol–water partition coefficient (Wildman–Crippen LogP) is 3.91. The van der Waals surface area contributed by atoms with Crippen molar-refractivity contribution in [3.8, 4) is 17.2 Å². The van der Waals surface area contributed by atoms with E-state index in [2.05, 4.69) is 10.3 Å². The number of carbonyl (C=O) groups excluding carboxylic acids is 1. The molecule has 31 heavy (non-hydrogen) atoms. The molecule has 162 valence electrons. The van der Waals surface area contributed by atoms with Crippen molar-refractivity contribution in [2.24, 2.45) is 0 Å². The fourth-order valence-corrected chi connectivity index (χ4v) is 3.81. The van der Waals surface area contributed by atoms with E-state index in [1.807, 2.05) is 42.5 Å². The summed E-state index contributed by atoms with van der Waals surface area (Å²) in [5.74, 6) is 2.02. The Hall–Kier alpha value is -3.30. The van der Waals surface area contributed by atoms with Crippen LogP contribution in [0.3, 0.4) is 0 Å². The van der Waals surface area contributed by atoms with E-state index in [0.717, 1.165) is 17.0 Å². The Labute approximate surface area is 184 Å². The van der Waals surface area contributed by atoms with Crippen LogP contribution in [0.25, 0.3) is 0 Å². The van der Waals surface area contributed by atoms with E-state index < -0.39 is 0 Å². The van der Waals surface area contributed by atoms with E-state index in [9.17, 15) is 4.79 Å². The highest BCUT2D eigenvalue weighted by molar-refractivity contribution is 7.14. The molecule has 3 aromatic rings. The fraction of sp³-hybridized carbons (Fsp3) is 0.273. The first-order valence-corrected chi connectivity index (χ1v) is 10.6. The molecule has 1 N–H and O–H groups in total. The van der Waals surface area contributed by atoms with E-state index in [1.165, 1.54) is 11.3 Å². The molecule has 0 saturated heterocycles. The zero-order chi connectivity index (χ0) is 21.6. The van der Waals surface area contributed by atoms with E-state index in [0.29, 0.717) is 42.0 Å². The molecule has 2 heterocycles. The molecule has 1 aliphatic rings. The number of fused-ring (bicyclic) bond motifs is 1. The Morgan fingerprint density at radius 1 is 1.16 bits per heavy atom. The average Bonchev–Trinajstić information content (AvgIpc) is 3.46. The van der Waals surface area contributed by atoms with Gasteiger partial charge in [-0.05, 0) is 42.0 Å². The molecule has 0 atom stereocenters. The average molecular weight is 442 g/mol. The number of hydrogen-bond donors (Lipinski definition) is 1. The Bertz CT molecular complexity index is 1040. The van der Waals surface area contributed by atoms with Crippen LogP contribution in [0.15, 0.2) is 47.8 Å². The van der Waals surface area contributed by atoms with Crippen molar-refractivity contribution in [1.82, 2.24) is 9.88 Å². The van der Waals surface area contributed by atoms with Crippen LogP contribution in [0.1, 0.15) is 16.1 Å². The number of amides is 1. The Kier molecular flexibility index (Phi) is 6.54. The maximum atomic E-state index is 13.2. The summed E-state index contributed by atoms with van der Waals surface area (Å²) < 4.78 is 21.2. The molecule has 0 unspecified atom stereocenters. The highest BCUT2D eigenvalue weighted by Crippen LogP contribution is 2.33. The molecular weight excluding hydrogens is 418 g/mol. The van der Waals surface area contributed by atoms with Crippen LogP contribution in [-0.4, -0.2) is 50.0 Å². The number of methoxy groups -OCH3 is 2. The number of nitrogens with zero attached hydrogens (tertiary/aromatic N) is 2. The van der Waals surface area contributed by atoms with Gasteiger partial charge in [-0.2, -0.15) is 0 Å². The quantitative estimate of drug-likeness (QED) is 0.539. The molecule has 1 amide bonds. The molecule has 0 bridgehead atoms. The minimum Gasteiger partial charge on any atom is -0.497 e. The van der Waals surface area contributed by atoms with E-state index in [-0.39, 0.29) is 12.7 Å². The van der Waals surface area contributed by atoms with Crippen molar-refractivity contribution in [3.63, 3.8) is 0 Å². The van der Waals surface area contributed by atoms with Gasteiger partial charge in [-0.1, -0.05) is 6.07 Å². The molecule has 8 nitrogen and oxygen atoms in total. The lowest BCUT2D eigenvalue weighted by molar-refractivity contribution is 0.0675. The highest BCUT2D eigenvalue weighted by atomic mass is 32.1. The smallest absolute Gasteiger partial charge is 0.273 e. The van der Waals surface area contributed by atoms with E-state index in [1.54, 1.807) is 24.5 Å². The number of thiazole rings is 1. The summed E-state index contributed by atoms with van der Waals surface area (Å²) in [5.41, 5.74) is 2.20. The molecular formula is C22H23N3O5S. The third-order valence-electron chi connectivity index (χ3n) is 4.73. The molecule has 2 aromatic carbocycles. The molecule has 0 aliphatic carbocycles. The van der Waals surface area contributed by atoms with Crippen LogP contribution in [-0.2, 0) is 11.3 Å². The predicted molar refractivity (Wildman–Crippen MR) is 118 cm³/mol. The minimum atomic E-state index is -0.159. The van der Waals surface area contributed by atoms with Gasteiger partial charge in [0.15, 0.2) is 16.6 Å². The number of carbonyl (C=O) groups is 1. The number of ether oxygens (including phenoxy) is 4. The van der Waals surface area contributed by atoms with Crippen molar-refractivity contribution in [2.45, 2.75) is 6.54 Å². The van der Waals surface area contributed by atoms with Gasteiger partial charge in [-0.15, -0.1) is 11.3 Å². The molecule has 9 heteroatoms. The van der Waals surface area contributed by atoms with Gasteiger partial charge in [-0.3, -0.25) is 4.79 Å². The van der Waals surface area contributed by atoms with Crippen molar-refractivity contribution >= 4 is 28.1 Å². The number of nitrogens with one attached hydrogen (secondary N) is 1. The van der Waals surface area contributed by atoms with Crippen LogP contribution in [0.2, 0.25) is 0 Å². The summed E-state index contributed by atoms with van der Waals surface area (Å²) in [7, 11) is 3.24. The SMILES string of the molecule is COCCN(Cc1ccc2c(c1)OCO2)C(=O)c1csc(Nc2ccc(OC)cc2)n1. The van der Waals surface area contributed by atoms with Gasteiger partial charge in [0.05, 0.1) is 13.7 Å². The van der Waals surface area contributed by atoms with Gasteiger partial charge in [0, 0.05) is 31.3 Å². The monoisotopic (exact) mass is 441 g/mol. The van der Waals surface area contributed by atoms with Crippen LogP contribution in [0.4, 0.5) is 10.8 Å². The number of benzene rings is 2. The van der Waals surface area contributed by atoms with Crippen molar-refractivity contribution in [3.05, 3.63) is 59.1 Å². The number of anilines is 2. The van der Waals surface area contributed by atoms with Crippen LogP contribution in [0, 0.1) is 0 Å². The molecule has 1 aliphatic heterocycles. The number of aromatic nitrogens is 1. The summed E-state index contributed by atoms with van der Waals surface area (Å²) in [6.45, 7) is 1.51. The Morgan fingerprint density at radius 2 is 1.97 bits per heavy atom. The van der Waals surface area contributed by atoms with Gasteiger partial charge in [0.2, 0.25) is 6.79 Å². The molecule has 4 rings (SSSR count). The maximum absolute atomic E-state index is 13.2. The second-order valence-corrected chi connectivity index (χ2v) is 7.66. The van der Waals surface area contributed by atoms with Crippen LogP contribution >= 0.6 is 11.3 Å². The Morgan fingerprint density at radius 3 is 2.74 bits per heavy atom. The van der Waals surface area contributed by atoms with Crippen LogP contribution < -0.4 is 19.5 Å². The third kappa shape index (κ3) is 5.07. The van der Waals surface area contributed by atoms with Gasteiger partial charge in [0.1, 0.15) is 11.4 Å². The van der Waals surface area contributed by atoms with Crippen molar-refractivity contribution in [1.29, 1.82) is 0 Å². The lowest BCUT2D eigenvalue weighted by Crippen LogP contribution is -2.33. The van der Waals surface area contributed by atoms with Crippen molar-refractivity contribution < 1.29 is 23.7 Å². The summed E-state index contributed by atoms with van der Waals surface area (Å²) in [4.78, 5) is 19.3. The van der Waals surface area contributed by atoms with Gasteiger partial charge < -0.3 is 29.2 Å². The lowest BCUT2D eigenvalue weighted by atomic mass is 10.2. The lowest BCUT2D eigenvalue weighted by Gasteiger charge is -2.21. The molecule has 0 saturated carbocycles. The first-order valence-electron chi connectivity index (χ1n) is 9.69. The highest BCUT2D eigenvalue weighted by Gasteiger charge is 2.21. The van der Waals surface area contributed by atoms with Crippen LogP contribution in [0.5, 0.6) is 17.2 Å². The second kappa shape index (κ2) is 9.67. The number of rotatable bonds is 9. The summed E-state index contributed by atoms with van der Waals surface area (Å²) in [5, 5.41) is 5.62. The van der Waals surface area contributed by atoms with E-state index >= 15 is 0 Å². The zero-order valence-corrected chi connectivity index (χ0v) is 18.1. The second-order valence-electron chi connectivity index (χ2n) is 6.80. The summed E-state index contributed by atoms with van der Waals surface area (Å²) in [6.07, 6.45) is 0. The summed E-state index contributed by atoms with van der Waals surface area (Å²) in [6, 6.07) is 13.2. The minimum absolute atomic E-state index is 0.159. The topological polar surface area (TPSA) is 82.2 Å². The first-order chi connectivity index (χ1) is 15.2. The Balaban J connectivity index is 1.46. The molecule has 0 spiro atoms. The fourth-order valence-electron chi connectivity index (χ4n) is 3.10. The number of hydrogen-bond acceptors (Lipinski definition) is 8. The van der Waals surface area contributed by atoms with Gasteiger partial charge >= 0.3 is 0 Å². The molecule has 1 aromatic heterocycles. The zero-order valence-electron chi connectivity index (χ0n) is 17.3. The van der Waals surface area contributed by atoms with Gasteiger partial charge in [-0.25, -0.2) is 4.98 Å². The van der Waals surface area contributed by atoms with Gasteiger partial charge in [0.25, 0.3) is 5.91 Å². The molecule has 0 fully saturated rings. The third-order valence-corrected chi connectivity index (χ3v) is 5.49. The normalized spacial score (nSPS) is 11.9. The van der Waals surface area contributed by atoms with Crippen molar-refractivity contribution in [2.75, 3.05) is 39.5 Å². The standard InChI is InChI=1S/C22H23N3O5S/c1-27-10-9-25(12-15-3-8-19-20(11-15)30-14-29-19)21(26)18-13-31-22(24-18)23-16-4-6-17(28-2)7-5-16/h3-8,11,13H,9-10,12,14H2,1-2H3,(H,23,24). The summed E-state index contributed by atoms with van der Waals surface area (Å²) >= 11 is 1.38.